The number of hydrogen-bond acceptors (Lipinski definition) is 4. The van der Waals surface area contributed by atoms with Crippen molar-refractivity contribution in [3.05, 3.63) is 71.8 Å². The van der Waals surface area contributed by atoms with Gasteiger partial charge in [-0.15, -0.1) is 0 Å². The summed E-state index contributed by atoms with van der Waals surface area (Å²) in [6, 6.07) is 15.2. The van der Waals surface area contributed by atoms with Crippen LogP contribution in [0.5, 0.6) is 0 Å². The Hall–Kier alpha value is -2.97. The quantitative estimate of drug-likeness (QED) is 0.447. The maximum absolute atomic E-state index is 12.5. The molecule has 0 radical (unpaired) electrons. The molecule has 30 heavy (non-hydrogen) atoms. The molecule has 0 bridgehead atoms. The molecule has 2 amide bonds. The number of hydrogen-bond donors (Lipinski definition) is 2. The lowest BCUT2D eigenvalue weighted by Crippen LogP contribution is -2.33. The molecule has 0 fully saturated rings. The van der Waals surface area contributed by atoms with Gasteiger partial charge in [-0.25, -0.2) is 8.42 Å². The maximum atomic E-state index is 12.5. The fourth-order valence-electron chi connectivity index (χ4n) is 2.75. The number of nitrogens with one attached hydrogen (secondary N) is 2. The number of rotatable bonds is 10. The van der Waals surface area contributed by atoms with E-state index in [4.69, 9.17) is 0 Å². The van der Waals surface area contributed by atoms with Gasteiger partial charge in [0.25, 0.3) is 5.91 Å². The van der Waals surface area contributed by atoms with Crippen molar-refractivity contribution in [1.29, 1.82) is 0 Å². The van der Waals surface area contributed by atoms with Crippen LogP contribution < -0.4 is 10.6 Å². The van der Waals surface area contributed by atoms with Crippen molar-refractivity contribution in [2.24, 2.45) is 0 Å². The Labute approximate surface area is 177 Å². The topological polar surface area (TPSA) is 95.6 Å². The van der Waals surface area contributed by atoms with Crippen LogP contribution in [0, 0.1) is 0 Å². The van der Waals surface area contributed by atoms with Gasteiger partial charge in [-0.05, 0) is 35.9 Å². The second-order valence-electron chi connectivity index (χ2n) is 6.40. The molecule has 0 unspecified atom stereocenters. The van der Waals surface area contributed by atoms with Gasteiger partial charge in [0, 0.05) is 37.8 Å². The summed E-state index contributed by atoms with van der Waals surface area (Å²) in [7, 11) is -3.50. The smallest absolute Gasteiger partial charge is 0.251 e. The first-order valence-corrected chi connectivity index (χ1v) is 11.2. The van der Waals surface area contributed by atoms with Crippen molar-refractivity contribution in [3.63, 3.8) is 0 Å². The lowest BCUT2D eigenvalue weighted by Gasteiger charge is -2.18. The van der Waals surface area contributed by atoms with E-state index in [9.17, 15) is 18.0 Å². The van der Waals surface area contributed by atoms with Gasteiger partial charge in [0.05, 0.1) is 4.90 Å². The summed E-state index contributed by atoms with van der Waals surface area (Å²) in [6.45, 7) is 5.01. The molecule has 0 aliphatic heterocycles. The number of amides is 2. The Morgan fingerprint density at radius 1 is 0.900 bits per heavy atom. The molecule has 0 aliphatic carbocycles. The Bertz CT molecular complexity index is 967. The van der Waals surface area contributed by atoms with Crippen LogP contribution in [0.2, 0.25) is 0 Å². The average molecular weight is 430 g/mol. The lowest BCUT2D eigenvalue weighted by molar-refractivity contribution is -0.116. The van der Waals surface area contributed by atoms with Crippen molar-refractivity contribution < 1.29 is 18.0 Å². The van der Waals surface area contributed by atoms with Crippen molar-refractivity contribution in [1.82, 2.24) is 14.9 Å². The van der Waals surface area contributed by atoms with E-state index in [1.807, 2.05) is 6.07 Å². The second-order valence-corrected chi connectivity index (χ2v) is 8.34. The molecule has 0 atom stereocenters. The number of carbonyl (C=O) groups excluding carboxylic acids is 2. The minimum atomic E-state index is -3.50. The highest BCUT2D eigenvalue weighted by Crippen LogP contribution is 2.16. The van der Waals surface area contributed by atoms with E-state index in [1.54, 1.807) is 56.3 Å². The van der Waals surface area contributed by atoms with Gasteiger partial charge in [-0.2, -0.15) is 4.31 Å². The highest BCUT2D eigenvalue weighted by Gasteiger charge is 2.20. The monoisotopic (exact) mass is 429 g/mol. The van der Waals surface area contributed by atoms with Gasteiger partial charge in [-0.1, -0.05) is 44.2 Å². The number of benzene rings is 2. The van der Waals surface area contributed by atoms with Gasteiger partial charge in [0.2, 0.25) is 15.9 Å². The zero-order valence-corrected chi connectivity index (χ0v) is 18.0. The Morgan fingerprint density at radius 3 is 2.10 bits per heavy atom. The summed E-state index contributed by atoms with van der Waals surface area (Å²) in [6.07, 6.45) is 2.97. The molecule has 0 heterocycles. The third-order valence-electron chi connectivity index (χ3n) is 4.40. The van der Waals surface area contributed by atoms with Crippen LogP contribution in [0.3, 0.4) is 0 Å². The SMILES string of the molecule is CCN(CC)S(=O)(=O)c1ccc(/C=C/C(=O)NCCNC(=O)c2ccccc2)cc1. The Balaban J connectivity index is 1.81. The third-order valence-corrected chi connectivity index (χ3v) is 6.46. The summed E-state index contributed by atoms with van der Waals surface area (Å²) in [4.78, 5) is 24.0. The van der Waals surface area contributed by atoms with Crippen LogP contribution in [0.4, 0.5) is 0 Å². The molecule has 2 aromatic carbocycles. The zero-order valence-electron chi connectivity index (χ0n) is 17.2. The van der Waals surface area contributed by atoms with Crippen LogP contribution in [0.1, 0.15) is 29.8 Å². The normalized spacial score (nSPS) is 11.6. The van der Waals surface area contributed by atoms with Gasteiger partial charge >= 0.3 is 0 Å². The third kappa shape index (κ3) is 6.53. The molecule has 160 valence electrons. The molecule has 7 nitrogen and oxygen atoms in total. The number of sulfonamides is 1. The largest absolute Gasteiger partial charge is 0.351 e. The highest BCUT2D eigenvalue weighted by atomic mass is 32.2. The first-order valence-electron chi connectivity index (χ1n) is 9.77. The highest BCUT2D eigenvalue weighted by molar-refractivity contribution is 7.89. The molecular weight excluding hydrogens is 402 g/mol. The number of carbonyl (C=O) groups is 2. The van der Waals surface area contributed by atoms with E-state index in [2.05, 4.69) is 10.6 Å². The van der Waals surface area contributed by atoms with Crippen molar-refractivity contribution in [3.8, 4) is 0 Å². The summed E-state index contributed by atoms with van der Waals surface area (Å²) in [5.41, 5.74) is 1.27. The minimum absolute atomic E-state index is 0.194. The average Bonchev–Trinajstić information content (AvgIpc) is 2.76. The van der Waals surface area contributed by atoms with Crippen molar-refractivity contribution in [2.75, 3.05) is 26.2 Å². The molecule has 2 N–H and O–H groups in total. The van der Waals surface area contributed by atoms with E-state index < -0.39 is 10.0 Å². The predicted octanol–water partition coefficient (Wildman–Crippen LogP) is 2.28. The minimum Gasteiger partial charge on any atom is -0.351 e. The van der Waals surface area contributed by atoms with Crippen LogP contribution >= 0.6 is 0 Å². The van der Waals surface area contributed by atoms with Gasteiger partial charge in [0.1, 0.15) is 0 Å². The standard InChI is InChI=1S/C22H27N3O4S/c1-3-25(4-2)30(28,29)20-13-10-18(11-14-20)12-15-21(26)23-16-17-24-22(27)19-8-6-5-7-9-19/h5-15H,3-4,16-17H2,1-2H3,(H,23,26)(H,24,27)/b15-12+. The molecule has 0 spiro atoms. The van der Waals surface area contributed by atoms with Crippen LogP contribution in [0.15, 0.2) is 65.6 Å². The van der Waals surface area contributed by atoms with E-state index >= 15 is 0 Å². The van der Waals surface area contributed by atoms with Crippen LogP contribution in [0.25, 0.3) is 6.08 Å². The van der Waals surface area contributed by atoms with Gasteiger partial charge in [-0.3, -0.25) is 9.59 Å². The predicted molar refractivity (Wildman–Crippen MR) is 117 cm³/mol. The van der Waals surface area contributed by atoms with Gasteiger partial charge < -0.3 is 10.6 Å². The molecule has 0 aromatic heterocycles. The molecule has 2 rings (SSSR count). The first-order chi connectivity index (χ1) is 14.4. The molecule has 8 heteroatoms. The molecule has 0 saturated heterocycles. The number of nitrogens with zero attached hydrogens (tertiary/aromatic N) is 1. The molecule has 0 aliphatic rings. The van der Waals surface area contributed by atoms with Crippen molar-refractivity contribution in [2.45, 2.75) is 18.7 Å². The van der Waals surface area contributed by atoms with E-state index in [-0.39, 0.29) is 16.7 Å². The Morgan fingerprint density at radius 2 is 1.50 bits per heavy atom. The van der Waals surface area contributed by atoms with E-state index in [1.165, 1.54) is 22.5 Å². The summed E-state index contributed by atoms with van der Waals surface area (Å²) in [5.74, 6) is -0.496. The molecular formula is C22H27N3O4S. The Kier molecular flexibility index (Phi) is 8.76. The summed E-state index contributed by atoms with van der Waals surface area (Å²) in [5, 5.41) is 5.41. The van der Waals surface area contributed by atoms with Crippen molar-refractivity contribution >= 4 is 27.9 Å². The second kappa shape index (κ2) is 11.3. The van der Waals surface area contributed by atoms with E-state index in [0.717, 1.165) is 0 Å². The molecule has 0 saturated carbocycles. The van der Waals surface area contributed by atoms with E-state index in [0.29, 0.717) is 37.3 Å². The fraction of sp³-hybridized carbons (Fsp3) is 0.273. The van der Waals surface area contributed by atoms with Gasteiger partial charge in [0.15, 0.2) is 0 Å². The molecule has 2 aromatic rings. The van der Waals surface area contributed by atoms with Crippen LogP contribution in [-0.2, 0) is 14.8 Å². The zero-order chi connectivity index (χ0) is 22.0. The fourth-order valence-corrected chi connectivity index (χ4v) is 4.21. The first kappa shape index (κ1) is 23.3. The summed E-state index contributed by atoms with van der Waals surface area (Å²) >= 11 is 0. The lowest BCUT2D eigenvalue weighted by atomic mass is 10.2. The summed E-state index contributed by atoms with van der Waals surface area (Å²) < 4.78 is 26.3. The maximum Gasteiger partial charge on any atom is 0.251 e. The van der Waals surface area contributed by atoms with Crippen LogP contribution in [-0.4, -0.2) is 50.7 Å².